The normalized spacial score (nSPS) is 16.0. The number of aromatic nitrogens is 1. The van der Waals surface area contributed by atoms with Crippen molar-refractivity contribution in [3.63, 3.8) is 0 Å². The molecule has 1 aliphatic heterocycles. The SMILES string of the molecule is O=C(N[C@@](Cc1ccccc1)(c1cccc(OC(F)(F)C(F)F)c1)c1ccc(Cl)cn1)N1CCN(CCO)CC1. The van der Waals surface area contributed by atoms with Crippen LogP contribution < -0.4 is 10.1 Å². The third kappa shape index (κ3) is 7.01. The summed E-state index contributed by atoms with van der Waals surface area (Å²) >= 11 is 6.11. The van der Waals surface area contributed by atoms with Crippen LogP contribution in [0, 0.1) is 0 Å². The summed E-state index contributed by atoms with van der Waals surface area (Å²) in [6.07, 6.45) is -7.20. The second-order valence-electron chi connectivity index (χ2n) is 9.40. The molecule has 1 aliphatic rings. The molecule has 0 radical (unpaired) electrons. The Kier molecular flexibility index (Phi) is 9.49. The molecular formula is C28H29ClF4N4O3. The van der Waals surface area contributed by atoms with Crippen LogP contribution in [-0.2, 0) is 12.0 Å². The molecule has 12 heteroatoms. The minimum atomic E-state index is -4.71. The van der Waals surface area contributed by atoms with Crippen LogP contribution in [0.4, 0.5) is 22.4 Å². The quantitative estimate of drug-likeness (QED) is 0.338. The number of urea groups is 1. The first-order valence-corrected chi connectivity index (χ1v) is 13.0. The van der Waals surface area contributed by atoms with Gasteiger partial charge < -0.3 is 20.1 Å². The first-order valence-electron chi connectivity index (χ1n) is 12.6. The Morgan fingerprint density at radius 2 is 1.77 bits per heavy atom. The van der Waals surface area contributed by atoms with Crippen LogP contribution in [0.1, 0.15) is 16.8 Å². The number of nitrogens with one attached hydrogen (secondary N) is 1. The highest BCUT2D eigenvalue weighted by atomic mass is 35.5. The average Bonchev–Trinajstić information content (AvgIpc) is 2.94. The molecule has 1 aromatic heterocycles. The molecule has 0 unspecified atom stereocenters. The number of hydrogen-bond acceptors (Lipinski definition) is 5. The van der Waals surface area contributed by atoms with Crippen molar-refractivity contribution < 1.29 is 32.2 Å². The van der Waals surface area contributed by atoms with Gasteiger partial charge in [0, 0.05) is 45.3 Å². The number of benzene rings is 2. The zero-order valence-electron chi connectivity index (χ0n) is 21.5. The maximum atomic E-state index is 13.8. The van der Waals surface area contributed by atoms with E-state index in [2.05, 4.69) is 15.0 Å². The average molecular weight is 581 g/mol. The Morgan fingerprint density at radius 1 is 1.05 bits per heavy atom. The molecule has 2 heterocycles. The van der Waals surface area contributed by atoms with Gasteiger partial charge in [-0.2, -0.15) is 17.6 Å². The van der Waals surface area contributed by atoms with Crippen molar-refractivity contribution >= 4 is 17.6 Å². The molecule has 0 saturated carbocycles. The van der Waals surface area contributed by atoms with E-state index in [0.29, 0.717) is 49.0 Å². The van der Waals surface area contributed by atoms with E-state index >= 15 is 0 Å². The Labute approximate surface area is 234 Å². The molecule has 214 valence electrons. The van der Waals surface area contributed by atoms with Gasteiger partial charge in [-0.25, -0.2) is 4.79 Å². The van der Waals surface area contributed by atoms with Crippen LogP contribution in [0.25, 0.3) is 0 Å². The van der Waals surface area contributed by atoms with E-state index in [9.17, 15) is 27.5 Å². The topological polar surface area (TPSA) is 77.9 Å². The number of halogens is 5. The van der Waals surface area contributed by atoms with Crippen LogP contribution >= 0.6 is 11.6 Å². The van der Waals surface area contributed by atoms with Gasteiger partial charge in [-0.1, -0.05) is 54.1 Å². The number of alkyl halides is 4. The van der Waals surface area contributed by atoms with Crippen LogP contribution in [0.3, 0.4) is 0 Å². The lowest BCUT2D eigenvalue weighted by Gasteiger charge is -2.40. The molecule has 2 N–H and O–H groups in total. The van der Waals surface area contributed by atoms with Gasteiger partial charge in [0.05, 0.1) is 17.3 Å². The number of piperazine rings is 1. The molecule has 2 aromatic carbocycles. The predicted molar refractivity (Wildman–Crippen MR) is 142 cm³/mol. The van der Waals surface area contributed by atoms with Gasteiger partial charge in [-0.05, 0) is 35.4 Å². The van der Waals surface area contributed by atoms with Crippen LogP contribution in [-0.4, -0.2) is 77.8 Å². The summed E-state index contributed by atoms with van der Waals surface area (Å²) in [7, 11) is 0. The fourth-order valence-electron chi connectivity index (χ4n) is 4.66. The molecule has 1 fully saturated rings. The van der Waals surface area contributed by atoms with E-state index in [-0.39, 0.29) is 13.0 Å². The summed E-state index contributed by atoms with van der Waals surface area (Å²) in [5, 5.41) is 12.7. The molecule has 0 aliphatic carbocycles. The van der Waals surface area contributed by atoms with Crippen LogP contribution in [0.2, 0.25) is 5.02 Å². The van der Waals surface area contributed by atoms with E-state index in [1.54, 1.807) is 23.1 Å². The molecule has 3 aromatic rings. The number of nitrogens with zero attached hydrogens (tertiary/aromatic N) is 3. The molecular weight excluding hydrogens is 552 g/mol. The lowest BCUT2D eigenvalue weighted by molar-refractivity contribution is -0.253. The van der Waals surface area contributed by atoms with Gasteiger partial charge in [0.25, 0.3) is 0 Å². The van der Waals surface area contributed by atoms with E-state index in [0.717, 1.165) is 11.6 Å². The number of amides is 2. The minimum Gasteiger partial charge on any atom is -0.428 e. The van der Waals surface area contributed by atoms with Gasteiger partial charge >= 0.3 is 18.6 Å². The number of carbonyl (C=O) groups excluding carboxylic acids is 1. The highest BCUT2D eigenvalue weighted by Gasteiger charge is 2.45. The molecule has 0 bridgehead atoms. The summed E-state index contributed by atoms with van der Waals surface area (Å²) < 4.78 is 57.8. The van der Waals surface area contributed by atoms with E-state index in [1.807, 2.05) is 35.2 Å². The second kappa shape index (κ2) is 12.8. The lowest BCUT2D eigenvalue weighted by Crippen LogP contribution is -2.57. The van der Waals surface area contributed by atoms with Crippen molar-refractivity contribution in [3.8, 4) is 5.75 Å². The Bertz CT molecular complexity index is 1260. The number of rotatable bonds is 10. The molecule has 1 atom stereocenters. The van der Waals surface area contributed by atoms with Crippen molar-refractivity contribution in [1.29, 1.82) is 0 Å². The van der Waals surface area contributed by atoms with Crippen molar-refractivity contribution in [2.75, 3.05) is 39.3 Å². The first kappa shape index (κ1) is 29.6. The smallest absolute Gasteiger partial charge is 0.428 e. The summed E-state index contributed by atoms with van der Waals surface area (Å²) in [5.74, 6) is -0.499. The largest absolute Gasteiger partial charge is 0.461 e. The van der Waals surface area contributed by atoms with E-state index in [1.165, 1.54) is 18.3 Å². The first-order chi connectivity index (χ1) is 19.1. The fourth-order valence-corrected chi connectivity index (χ4v) is 4.77. The monoisotopic (exact) mass is 580 g/mol. The number of β-amino-alcohol motifs (C(OH)–C–C–N with tert-alkyl or cyclic N) is 1. The maximum absolute atomic E-state index is 13.8. The number of aliphatic hydroxyl groups is 1. The highest BCUT2D eigenvalue weighted by Crippen LogP contribution is 2.36. The summed E-state index contributed by atoms with van der Waals surface area (Å²) in [4.78, 5) is 21.9. The Balaban J connectivity index is 1.78. The fraction of sp³-hybridized carbons (Fsp3) is 0.357. The van der Waals surface area contributed by atoms with Crippen molar-refractivity contribution in [1.82, 2.24) is 20.1 Å². The number of hydrogen-bond donors (Lipinski definition) is 2. The Morgan fingerprint density at radius 3 is 2.40 bits per heavy atom. The molecule has 7 nitrogen and oxygen atoms in total. The molecule has 0 spiro atoms. The van der Waals surface area contributed by atoms with E-state index < -0.39 is 29.9 Å². The summed E-state index contributed by atoms with van der Waals surface area (Å²) in [5.41, 5.74) is 0.00780. The van der Waals surface area contributed by atoms with Crippen molar-refractivity contribution in [2.24, 2.45) is 0 Å². The van der Waals surface area contributed by atoms with Gasteiger partial charge in [0.15, 0.2) is 0 Å². The zero-order chi connectivity index (χ0) is 28.8. The highest BCUT2D eigenvalue weighted by molar-refractivity contribution is 6.30. The number of aliphatic hydroxyl groups excluding tert-OH is 1. The molecule has 40 heavy (non-hydrogen) atoms. The molecule has 1 saturated heterocycles. The van der Waals surface area contributed by atoms with E-state index in [4.69, 9.17) is 11.6 Å². The van der Waals surface area contributed by atoms with Gasteiger partial charge in [-0.15, -0.1) is 0 Å². The Hall–Kier alpha value is -3.41. The van der Waals surface area contributed by atoms with Crippen molar-refractivity contribution in [2.45, 2.75) is 24.5 Å². The van der Waals surface area contributed by atoms with Gasteiger partial charge in [0.2, 0.25) is 0 Å². The number of ether oxygens (including phenoxy) is 1. The molecule has 2 amide bonds. The van der Waals surface area contributed by atoms with Crippen molar-refractivity contribution in [3.05, 3.63) is 94.8 Å². The third-order valence-electron chi connectivity index (χ3n) is 6.71. The van der Waals surface area contributed by atoms with Crippen LogP contribution in [0.5, 0.6) is 5.75 Å². The number of carbonyl (C=O) groups is 1. The second-order valence-corrected chi connectivity index (χ2v) is 9.84. The van der Waals surface area contributed by atoms with Gasteiger partial charge in [-0.3, -0.25) is 9.88 Å². The standard InChI is InChI=1S/C28H29ClF4N4O3/c29-22-9-10-24(34-19-22)27(18-20-5-2-1-3-6-20,35-26(39)37-13-11-36(12-14-37)15-16-38)21-7-4-8-23(17-21)40-28(32,33)25(30)31/h1-10,17,19,25,38H,11-16,18H2,(H,35,39)/t27-/m0/s1. The summed E-state index contributed by atoms with van der Waals surface area (Å²) in [6, 6.07) is 17.3. The molecule has 4 rings (SSSR count). The van der Waals surface area contributed by atoms with Crippen LogP contribution in [0.15, 0.2) is 72.9 Å². The summed E-state index contributed by atoms with van der Waals surface area (Å²) in [6.45, 7) is 2.42. The lowest BCUT2D eigenvalue weighted by atomic mass is 9.80. The third-order valence-corrected chi connectivity index (χ3v) is 6.93. The number of pyridine rings is 1. The maximum Gasteiger partial charge on any atom is 0.461 e. The predicted octanol–water partition coefficient (Wildman–Crippen LogP) is 4.78. The minimum absolute atomic E-state index is 0.0115. The van der Waals surface area contributed by atoms with Gasteiger partial charge in [0.1, 0.15) is 11.3 Å². The zero-order valence-corrected chi connectivity index (χ0v) is 22.2.